The van der Waals surface area contributed by atoms with Crippen LogP contribution in [0, 0.1) is 12.7 Å². The second kappa shape index (κ2) is 5.10. The van der Waals surface area contributed by atoms with E-state index in [0.29, 0.717) is 0 Å². The van der Waals surface area contributed by atoms with E-state index in [2.05, 4.69) is 22.2 Å². The Labute approximate surface area is 100 Å². The lowest BCUT2D eigenvalue weighted by molar-refractivity contribution is 0.627. The van der Waals surface area contributed by atoms with Gasteiger partial charge in [0.1, 0.15) is 11.6 Å². The molecule has 1 aromatic heterocycles. The van der Waals surface area contributed by atoms with Gasteiger partial charge in [-0.3, -0.25) is 0 Å². The van der Waals surface area contributed by atoms with E-state index in [1.54, 1.807) is 12.3 Å². The summed E-state index contributed by atoms with van der Waals surface area (Å²) in [5.41, 5.74) is 2.86. The zero-order valence-electron chi connectivity index (χ0n) is 10.0. The van der Waals surface area contributed by atoms with Gasteiger partial charge in [-0.05, 0) is 37.2 Å². The number of hydrogen-bond donors (Lipinski definition) is 2. The summed E-state index contributed by atoms with van der Waals surface area (Å²) in [5.74, 6) is 0.570. The minimum atomic E-state index is -0.217. The summed E-state index contributed by atoms with van der Waals surface area (Å²) >= 11 is 0. The van der Waals surface area contributed by atoms with E-state index in [-0.39, 0.29) is 5.82 Å². The zero-order chi connectivity index (χ0) is 12.3. The third-order valence-electron chi connectivity index (χ3n) is 2.64. The molecule has 4 heteroatoms. The van der Waals surface area contributed by atoms with Crippen LogP contribution in [0.5, 0.6) is 0 Å². The molecular weight excluding hydrogens is 217 g/mol. The third-order valence-corrected chi connectivity index (χ3v) is 2.64. The number of aromatic nitrogens is 2. The number of H-pyrrole nitrogens is 1. The Hall–Kier alpha value is -1.68. The maximum Gasteiger partial charge on any atom is 0.137 e. The molecule has 0 unspecified atom stereocenters. The molecule has 0 saturated carbocycles. The molecule has 0 aliphatic carbocycles. The third kappa shape index (κ3) is 2.71. The SMILES string of the molecule is CCNCc1cnc(-c2ccc(F)cc2C)[nH]1. The maximum absolute atomic E-state index is 13.0. The number of aryl methyl sites for hydroxylation is 1. The second-order valence-corrected chi connectivity index (χ2v) is 4.00. The van der Waals surface area contributed by atoms with Gasteiger partial charge in [0.15, 0.2) is 0 Å². The molecule has 0 radical (unpaired) electrons. The monoisotopic (exact) mass is 233 g/mol. The van der Waals surface area contributed by atoms with Crippen molar-refractivity contribution in [1.29, 1.82) is 0 Å². The molecule has 0 atom stereocenters. The molecule has 2 N–H and O–H groups in total. The molecule has 0 aliphatic rings. The first-order valence-corrected chi connectivity index (χ1v) is 5.72. The normalized spacial score (nSPS) is 10.8. The number of halogens is 1. The quantitative estimate of drug-likeness (QED) is 0.852. The predicted octanol–water partition coefficient (Wildman–Crippen LogP) is 2.63. The highest BCUT2D eigenvalue weighted by Crippen LogP contribution is 2.21. The predicted molar refractivity (Wildman–Crippen MR) is 66.1 cm³/mol. The van der Waals surface area contributed by atoms with E-state index < -0.39 is 0 Å². The highest BCUT2D eigenvalue weighted by Gasteiger charge is 2.06. The van der Waals surface area contributed by atoms with Gasteiger partial charge < -0.3 is 10.3 Å². The Kier molecular flexibility index (Phi) is 3.54. The Balaban J connectivity index is 2.24. The lowest BCUT2D eigenvalue weighted by atomic mass is 10.1. The van der Waals surface area contributed by atoms with E-state index in [4.69, 9.17) is 0 Å². The Morgan fingerprint density at radius 3 is 2.94 bits per heavy atom. The van der Waals surface area contributed by atoms with E-state index in [9.17, 15) is 4.39 Å². The standard InChI is InChI=1S/C13H16FN3/c1-3-15-7-11-8-16-13(17-11)12-5-4-10(14)6-9(12)2/h4-6,8,15H,3,7H2,1-2H3,(H,16,17). The van der Waals surface area contributed by atoms with Gasteiger partial charge >= 0.3 is 0 Å². The largest absolute Gasteiger partial charge is 0.341 e. The van der Waals surface area contributed by atoms with Crippen LogP contribution in [0.1, 0.15) is 18.2 Å². The van der Waals surface area contributed by atoms with Crippen molar-refractivity contribution >= 4 is 0 Å². The fraction of sp³-hybridized carbons (Fsp3) is 0.308. The highest BCUT2D eigenvalue weighted by atomic mass is 19.1. The molecular formula is C13H16FN3. The lowest BCUT2D eigenvalue weighted by Crippen LogP contribution is -2.11. The van der Waals surface area contributed by atoms with Gasteiger partial charge in [0.2, 0.25) is 0 Å². The summed E-state index contributed by atoms with van der Waals surface area (Å²) < 4.78 is 13.0. The summed E-state index contributed by atoms with van der Waals surface area (Å²) in [6, 6.07) is 4.72. The minimum absolute atomic E-state index is 0.217. The number of nitrogens with one attached hydrogen (secondary N) is 2. The number of imidazole rings is 1. The lowest BCUT2D eigenvalue weighted by Gasteiger charge is -2.02. The molecule has 0 spiro atoms. The number of aromatic amines is 1. The molecule has 1 heterocycles. The van der Waals surface area contributed by atoms with Crippen molar-refractivity contribution < 1.29 is 4.39 Å². The molecule has 0 bridgehead atoms. The number of rotatable bonds is 4. The average Bonchev–Trinajstić information content (AvgIpc) is 2.75. The zero-order valence-corrected chi connectivity index (χ0v) is 10.0. The van der Waals surface area contributed by atoms with Crippen LogP contribution >= 0.6 is 0 Å². The van der Waals surface area contributed by atoms with Crippen LogP contribution in [0.25, 0.3) is 11.4 Å². The molecule has 3 nitrogen and oxygen atoms in total. The van der Waals surface area contributed by atoms with Crippen LogP contribution < -0.4 is 5.32 Å². The summed E-state index contributed by atoms with van der Waals surface area (Å²) in [4.78, 5) is 7.54. The number of benzene rings is 1. The van der Waals surface area contributed by atoms with E-state index in [0.717, 1.165) is 35.7 Å². The van der Waals surface area contributed by atoms with Crippen molar-refractivity contribution in [2.45, 2.75) is 20.4 Å². The first-order chi connectivity index (χ1) is 8.20. The fourth-order valence-electron chi connectivity index (χ4n) is 1.74. The van der Waals surface area contributed by atoms with Gasteiger partial charge in [-0.1, -0.05) is 6.92 Å². The molecule has 0 aliphatic heterocycles. The van der Waals surface area contributed by atoms with Crippen LogP contribution in [0.15, 0.2) is 24.4 Å². The molecule has 0 amide bonds. The molecule has 17 heavy (non-hydrogen) atoms. The Morgan fingerprint density at radius 2 is 2.24 bits per heavy atom. The van der Waals surface area contributed by atoms with Crippen molar-refractivity contribution in [3.63, 3.8) is 0 Å². The van der Waals surface area contributed by atoms with Crippen molar-refractivity contribution in [2.24, 2.45) is 0 Å². The summed E-state index contributed by atoms with van der Waals surface area (Å²) in [6.07, 6.45) is 1.81. The van der Waals surface area contributed by atoms with Crippen LogP contribution in [-0.4, -0.2) is 16.5 Å². The van der Waals surface area contributed by atoms with Gasteiger partial charge in [-0.25, -0.2) is 9.37 Å². The first kappa shape index (κ1) is 11.8. The topological polar surface area (TPSA) is 40.7 Å². The van der Waals surface area contributed by atoms with E-state index in [1.807, 2.05) is 6.92 Å². The molecule has 2 aromatic rings. The van der Waals surface area contributed by atoms with Crippen LogP contribution in [0.4, 0.5) is 4.39 Å². The minimum Gasteiger partial charge on any atom is -0.341 e. The van der Waals surface area contributed by atoms with Gasteiger partial charge in [0, 0.05) is 24.0 Å². The molecule has 0 fully saturated rings. The van der Waals surface area contributed by atoms with Crippen molar-refractivity contribution in [1.82, 2.24) is 15.3 Å². The van der Waals surface area contributed by atoms with Crippen molar-refractivity contribution in [2.75, 3.05) is 6.54 Å². The summed E-state index contributed by atoms with van der Waals surface area (Å²) in [7, 11) is 0. The Morgan fingerprint density at radius 1 is 1.41 bits per heavy atom. The number of hydrogen-bond acceptors (Lipinski definition) is 2. The van der Waals surface area contributed by atoms with Crippen molar-refractivity contribution in [3.05, 3.63) is 41.5 Å². The van der Waals surface area contributed by atoms with Crippen LogP contribution in [-0.2, 0) is 6.54 Å². The van der Waals surface area contributed by atoms with E-state index >= 15 is 0 Å². The summed E-state index contributed by atoms with van der Waals surface area (Å²) in [6.45, 7) is 5.62. The van der Waals surface area contributed by atoms with Gasteiger partial charge in [0.05, 0.1) is 0 Å². The smallest absolute Gasteiger partial charge is 0.137 e. The van der Waals surface area contributed by atoms with E-state index in [1.165, 1.54) is 12.1 Å². The maximum atomic E-state index is 13.0. The number of nitrogens with zero attached hydrogens (tertiary/aromatic N) is 1. The van der Waals surface area contributed by atoms with Gasteiger partial charge in [-0.15, -0.1) is 0 Å². The van der Waals surface area contributed by atoms with Crippen LogP contribution in [0.2, 0.25) is 0 Å². The molecule has 2 rings (SSSR count). The Bertz CT molecular complexity index is 505. The summed E-state index contributed by atoms with van der Waals surface area (Å²) in [5, 5.41) is 3.22. The van der Waals surface area contributed by atoms with Gasteiger partial charge in [-0.2, -0.15) is 0 Å². The second-order valence-electron chi connectivity index (χ2n) is 4.00. The highest BCUT2D eigenvalue weighted by molar-refractivity contribution is 5.60. The van der Waals surface area contributed by atoms with Gasteiger partial charge in [0.25, 0.3) is 0 Å². The fourth-order valence-corrected chi connectivity index (χ4v) is 1.74. The molecule has 90 valence electrons. The first-order valence-electron chi connectivity index (χ1n) is 5.72. The van der Waals surface area contributed by atoms with Crippen LogP contribution in [0.3, 0.4) is 0 Å². The molecule has 1 aromatic carbocycles. The average molecular weight is 233 g/mol. The van der Waals surface area contributed by atoms with Crippen molar-refractivity contribution in [3.8, 4) is 11.4 Å². The molecule has 0 saturated heterocycles.